The minimum Gasteiger partial charge on any atom is -1.00 e. The average Bonchev–Trinajstić information content (AvgIpc) is 2.08. The molecular formula is C10H13BrMgO2. The molecule has 14 heavy (non-hydrogen) atoms. The molecule has 4 heteroatoms. The van der Waals surface area contributed by atoms with E-state index >= 15 is 0 Å². The number of carbonyl (C=O) groups is 1. The van der Waals surface area contributed by atoms with Crippen molar-refractivity contribution in [2.75, 3.05) is 0 Å². The van der Waals surface area contributed by atoms with Crippen LogP contribution in [0.1, 0.15) is 12.0 Å². The number of benzene rings is 1. The minimum absolute atomic E-state index is 0. The molecule has 0 fully saturated rings. The molecule has 1 rings (SSSR count). The standard InChI is InChI=1S/C9H11.CH2O2.BrH.Mg/c1-2-6-9-7-4-3-5-8-9;2-1-3;;/h3-5,7-8H,1-2,6H2;1H,(H,2,3);1H;/q-1;;;+2/p-1. The van der Waals surface area contributed by atoms with Crippen LogP contribution in [-0.2, 0) is 11.2 Å². The molecule has 74 valence electrons. The van der Waals surface area contributed by atoms with Crippen molar-refractivity contribution in [3.63, 3.8) is 0 Å². The van der Waals surface area contributed by atoms with E-state index in [2.05, 4.69) is 31.2 Å². The van der Waals surface area contributed by atoms with E-state index in [1.54, 1.807) is 0 Å². The zero-order valence-corrected chi connectivity index (χ0v) is 11.0. The summed E-state index contributed by atoms with van der Waals surface area (Å²) in [7, 11) is 0. The summed E-state index contributed by atoms with van der Waals surface area (Å²) < 4.78 is 0. The molecule has 1 N–H and O–H groups in total. The molecule has 0 aliphatic heterocycles. The predicted octanol–water partition coefficient (Wildman–Crippen LogP) is -1.22. The second-order valence-electron chi connectivity index (χ2n) is 2.19. The predicted molar refractivity (Wildman–Crippen MR) is 54.6 cm³/mol. The third-order valence-electron chi connectivity index (χ3n) is 1.31. The van der Waals surface area contributed by atoms with Gasteiger partial charge in [-0.3, -0.25) is 4.79 Å². The first-order chi connectivity index (χ1) is 5.85. The van der Waals surface area contributed by atoms with Gasteiger partial charge in [0.2, 0.25) is 0 Å². The summed E-state index contributed by atoms with van der Waals surface area (Å²) in [4.78, 5) is 8.36. The third-order valence-corrected chi connectivity index (χ3v) is 1.31. The Morgan fingerprint density at radius 3 is 2.07 bits per heavy atom. The number of hydrogen-bond acceptors (Lipinski definition) is 1. The molecule has 0 aromatic heterocycles. The Balaban J connectivity index is -0.000000218. The van der Waals surface area contributed by atoms with E-state index in [4.69, 9.17) is 9.90 Å². The summed E-state index contributed by atoms with van der Waals surface area (Å²) in [6.45, 7) is 3.53. The van der Waals surface area contributed by atoms with Crippen molar-refractivity contribution >= 4 is 29.5 Å². The molecule has 0 amide bonds. The van der Waals surface area contributed by atoms with E-state index in [0.29, 0.717) is 0 Å². The van der Waals surface area contributed by atoms with Crippen molar-refractivity contribution in [2.45, 2.75) is 12.8 Å². The Labute approximate surface area is 112 Å². The molecule has 0 unspecified atom stereocenters. The average molecular weight is 269 g/mol. The van der Waals surface area contributed by atoms with Crippen LogP contribution in [0.2, 0.25) is 0 Å². The number of rotatable bonds is 2. The van der Waals surface area contributed by atoms with Gasteiger partial charge in [0, 0.05) is 0 Å². The van der Waals surface area contributed by atoms with Gasteiger partial charge in [-0.25, -0.2) is 0 Å². The minimum atomic E-state index is -0.250. The smallest absolute Gasteiger partial charge is 1.00 e. The maximum Gasteiger partial charge on any atom is 2.00 e. The molecular weight excluding hydrogens is 256 g/mol. The second kappa shape index (κ2) is 15.4. The van der Waals surface area contributed by atoms with E-state index in [1.807, 2.05) is 6.07 Å². The van der Waals surface area contributed by atoms with Crippen molar-refractivity contribution < 1.29 is 26.9 Å². The zero-order chi connectivity index (χ0) is 9.23. The third kappa shape index (κ3) is 11.9. The van der Waals surface area contributed by atoms with Gasteiger partial charge in [-0.1, -0.05) is 42.3 Å². The van der Waals surface area contributed by atoms with Crippen LogP contribution in [-0.4, -0.2) is 34.6 Å². The zero-order valence-electron chi connectivity index (χ0n) is 8.03. The van der Waals surface area contributed by atoms with E-state index in [1.165, 1.54) is 5.56 Å². The summed E-state index contributed by atoms with van der Waals surface area (Å²) in [6.07, 6.45) is 2.09. The molecule has 0 bridgehead atoms. The molecule has 1 aromatic rings. The molecule has 0 aliphatic rings. The number of carboxylic acid groups (broad SMARTS) is 1. The van der Waals surface area contributed by atoms with Crippen LogP contribution in [0.4, 0.5) is 0 Å². The van der Waals surface area contributed by atoms with Gasteiger partial charge in [0.1, 0.15) is 0 Å². The fourth-order valence-electron chi connectivity index (χ4n) is 0.849. The second-order valence-corrected chi connectivity index (χ2v) is 2.19. The molecule has 0 saturated carbocycles. The maximum absolute atomic E-state index is 8.36. The van der Waals surface area contributed by atoms with Gasteiger partial charge in [0.05, 0.1) is 0 Å². The maximum atomic E-state index is 8.36. The Morgan fingerprint density at radius 2 is 1.71 bits per heavy atom. The van der Waals surface area contributed by atoms with Crippen molar-refractivity contribution in [3.8, 4) is 0 Å². The topological polar surface area (TPSA) is 37.3 Å². The van der Waals surface area contributed by atoms with Gasteiger partial charge in [0.25, 0.3) is 6.47 Å². The SMILES string of the molecule is O=CO.[Br-].[CH2-]CCc1ccccc1.[Mg+2]. The quantitative estimate of drug-likeness (QED) is 0.415. The molecule has 0 aliphatic carbocycles. The van der Waals surface area contributed by atoms with Gasteiger partial charge in [-0.05, 0) is 0 Å². The van der Waals surface area contributed by atoms with Gasteiger partial charge >= 0.3 is 23.1 Å². The van der Waals surface area contributed by atoms with Crippen LogP contribution in [0.5, 0.6) is 0 Å². The van der Waals surface area contributed by atoms with Crippen LogP contribution in [0.15, 0.2) is 30.3 Å². The summed E-state index contributed by atoms with van der Waals surface area (Å²) in [5.74, 6) is 0. The van der Waals surface area contributed by atoms with E-state index in [-0.39, 0.29) is 46.5 Å². The van der Waals surface area contributed by atoms with E-state index < -0.39 is 0 Å². The fraction of sp³-hybridized carbons (Fsp3) is 0.200. The van der Waals surface area contributed by atoms with Crippen LogP contribution < -0.4 is 17.0 Å². The fourth-order valence-corrected chi connectivity index (χ4v) is 0.849. The summed E-state index contributed by atoms with van der Waals surface area (Å²) >= 11 is 0. The summed E-state index contributed by atoms with van der Waals surface area (Å²) in [5.41, 5.74) is 1.38. The van der Waals surface area contributed by atoms with Crippen LogP contribution in [0, 0.1) is 6.92 Å². The van der Waals surface area contributed by atoms with Gasteiger partial charge in [0.15, 0.2) is 0 Å². The van der Waals surface area contributed by atoms with Gasteiger partial charge < -0.3 is 29.0 Å². The van der Waals surface area contributed by atoms with Crippen molar-refractivity contribution in [3.05, 3.63) is 42.8 Å². The first-order valence-electron chi connectivity index (χ1n) is 3.76. The number of aryl methyl sites for hydroxylation is 1. The monoisotopic (exact) mass is 268 g/mol. The first-order valence-corrected chi connectivity index (χ1v) is 3.76. The molecule has 0 atom stereocenters. The Hall–Kier alpha value is -0.0638. The Bertz CT molecular complexity index is 205. The van der Waals surface area contributed by atoms with E-state index in [0.717, 1.165) is 12.8 Å². The Kier molecular flexibility index (Phi) is 21.5. The molecule has 0 heterocycles. The largest absolute Gasteiger partial charge is 2.00 e. The Morgan fingerprint density at radius 1 is 1.29 bits per heavy atom. The molecule has 2 nitrogen and oxygen atoms in total. The first kappa shape index (κ1) is 19.5. The van der Waals surface area contributed by atoms with Crippen molar-refractivity contribution in [1.82, 2.24) is 0 Å². The van der Waals surface area contributed by atoms with Gasteiger partial charge in [-0.15, -0.1) is 0 Å². The molecule has 0 radical (unpaired) electrons. The normalized spacial score (nSPS) is 6.93. The van der Waals surface area contributed by atoms with Crippen LogP contribution >= 0.6 is 0 Å². The van der Waals surface area contributed by atoms with Crippen LogP contribution in [0.3, 0.4) is 0 Å². The molecule has 1 aromatic carbocycles. The van der Waals surface area contributed by atoms with Gasteiger partial charge in [-0.2, -0.15) is 6.42 Å². The van der Waals surface area contributed by atoms with Crippen LogP contribution in [0.25, 0.3) is 0 Å². The number of hydrogen-bond donors (Lipinski definition) is 1. The number of halogens is 1. The van der Waals surface area contributed by atoms with E-state index in [9.17, 15) is 0 Å². The summed E-state index contributed by atoms with van der Waals surface area (Å²) in [5, 5.41) is 6.89. The molecule has 0 saturated heterocycles. The summed E-state index contributed by atoms with van der Waals surface area (Å²) in [6, 6.07) is 10.4. The van der Waals surface area contributed by atoms with Crippen molar-refractivity contribution in [2.24, 2.45) is 0 Å². The molecule has 0 spiro atoms. The van der Waals surface area contributed by atoms with Crippen molar-refractivity contribution in [1.29, 1.82) is 0 Å².